The maximum atomic E-state index is 2.36. The van der Waals surface area contributed by atoms with Gasteiger partial charge in [0.1, 0.15) is 0 Å². The van der Waals surface area contributed by atoms with Gasteiger partial charge in [0.05, 0.1) is 19.6 Å². The van der Waals surface area contributed by atoms with Crippen molar-refractivity contribution in [2.75, 3.05) is 19.6 Å². The molecular formula is C18H38FN. The van der Waals surface area contributed by atoms with Gasteiger partial charge in [0, 0.05) is 12.3 Å². The lowest BCUT2D eigenvalue weighted by Gasteiger charge is -2.12. The van der Waals surface area contributed by atoms with E-state index in [4.69, 9.17) is 0 Å². The van der Waals surface area contributed by atoms with Crippen LogP contribution in [0.4, 0.5) is 0 Å². The first-order valence-corrected chi connectivity index (χ1v) is 9.20. The number of hydrogen-bond acceptors (Lipinski definition) is 0. The summed E-state index contributed by atoms with van der Waals surface area (Å²) in [5.74, 6) is 1.04. The average molecular weight is 288 g/mol. The first-order chi connectivity index (χ1) is 9.36. The molecule has 122 valence electrons. The Morgan fingerprint density at radius 2 is 1.35 bits per heavy atom. The molecule has 0 radical (unpaired) electrons. The maximum absolute atomic E-state index is 2.36. The van der Waals surface area contributed by atoms with Crippen molar-refractivity contribution < 1.29 is 9.60 Å². The zero-order valence-electron chi connectivity index (χ0n) is 14.1. The molecule has 0 aliphatic carbocycles. The fourth-order valence-corrected chi connectivity index (χ4v) is 3.46. The minimum atomic E-state index is 0. The van der Waals surface area contributed by atoms with E-state index in [0.717, 1.165) is 5.92 Å². The number of likely N-dealkylation sites (tertiary alicyclic amines) is 1. The molecule has 1 rings (SSSR count). The van der Waals surface area contributed by atoms with Crippen LogP contribution in [0.1, 0.15) is 90.9 Å². The van der Waals surface area contributed by atoms with E-state index in [-0.39, 0.29) is 4.70 Å². The summed E-state index contributed by atoms with van der Waals surface area (Å²) in [5, 5.41) is 0. The van der Waals surface area contributed by atoms with E-state index in [1.165, 1.54) is 96.7 Å². The minimum absolute atomic E-state index is 0. The van der Waals surface area contributed by atoms with E-state index in [1.807, 2.05) is 4.90 Å². The molecule has 0 aromatic heterocycles. The number of unbranched alkanes of at least 4 members (excludes halogenated alkanes) is 9. The molecule has 1 N–H and O–H groups in total. The summed E-state index contributed by atoms with van der Waals surface area (Å²) in [6.07, 6.45) is 17.5. The van der Waals surface area contributed by atoms with Gasteiger partial charge >= 0.3 is 0 Å². The average Bonchev–Trinajstić information content (AvgIpc) is 2.89. The van der Waals surface area contributed by atoms with Crippen LogP contribution in [0.25, 0.3) is 0 Å². The summed E-state index contributed by atoms with van der Waals surface area (Å²) < 4.78 is 0. The second kappa shape index (κ2) is 13.9. The van der Waals surface area contributed by atoms with Crippen molar-refractivity contribution in [2.45, 2.75) is 90.9 Å². The van der Waals surface area contributed by atoms with Gasteiger partial charge in [-0.15, -0.1) is 0 Å². The molecule has 0 aromatic carbocycles. The molecule has 20 heavy (non-hydrogen) atoms. The highest BCUT2D eigenvalue weighted by Crippen LogP contribution is 2.11. The first kappa shape index (κ1) is 19.9. The molecule has 2 heteroatoms. The molecule has 1 nitrogen and oxygen atoms in total. The normalized spacial score (nSPS) is 21.9. The van der Waals surface area contributed by atoms with E-state index in [2.05, 4.69) is 13.8 Å². The molecule has 0 bridgehead atoms. The van der Waals surface area contributed by atoms with Crippen molar-refractivity contribution in [3.63, 3.8) is 0 Å². The molecule has 0 spiro atoms. The van der Waals surface area contributed by atoms with Crippen LogP contribution in [-0.4, -0.2) is 19.6 Å². The highest BCUT2D eigenvalue weighted by molar-refractivity contribution is 4.60. The summed E-state index contributed by atoms with van der Waals surface area (Å²) in [6, 6.07) is 0. The van der Waals surface area contributed by atoms with E-state index in [0.29, 0.717) is 0 Å². The lowest BCUT2D eigenvalue weighted by atomic mass is 10.1. The van der Waals surface area contributed by atoms with Crippen molar-refractivity contribution in [3.8, 4) is 0 Å². The third kappa shape index (κ3) is 9.74. The van der Waals surface area contributed by atoms with Crippen LogP contribution in [0, 0.1) is 5.92 Å². The van der Waals surface area contributed by atoms with Gasteiger partial charge in [-0.25, -0.2) is 0 Å². The van der Waals surface area contributed by atoms with Crippen LogP contribution in [0.5, 0.6) is 0 Å². The lowest BCUT2D eigenvalue weighted by Crippen LogP contribution is -3.10. The van der Waals surface area contributed by atoms with E-state index in [1.54, 1.807) is 0 Å². The number of quaternary nitrogens is 1. The van der Waals surface area contributed by atoms with Gasteiger partial charge in [0.15, 0.2) is 0 Å². The van der Waals surface area contributed by atoms with Crippen LogP contribution < -0.4 is 9.60 Å². The zero-order chi connectivity index (χ0) is 13.8. The van der Waals surface area contributed by atoms with E-state index < -0.39 is 0 Å². The number of rotatable bonds is 12. The fourth-order valence-electron chi connectivity index (χ4n) is 3.46. The molecule has 2 unspecified atom stereocenters. The fraction of sp³-hybridized carbons (Fsp3) is 1.00. The Kier molecular flexibility index (Phi) is 13.8. The third-order valence-electron chi connectivity index (χ3n) is 4.94. The van der Waals surface area contributed by atoms with Crippen molar-refractivity contribution in [1.29, 1.82) is 0 Å². The van der Waals surface area contributed by atoms with Crippen LogP contribution in [0.3, 0.4) is 0 Å². The predicted octanol–water partition coefficient (Wildman–Crippen LogP) is 1.23. The van der Waals surface area contributed by atoms with Crippen LogP contribution in [0.2, 0.25) is 0 Å². The van der Waals surface area contributed by atoms with Gasteiger partial charge in [0.2, 0.25) is 0 Å². The molecule has 0 saturated carbocycles. The highest BCUT2D eigenvalue weighted by Gasteiger charge is 2.23. The second-order valence-corrected chi connectivity index (χ2v) is 6.70. The molecule has 0 aromatic rings. The summed E-state index contributed by atoms with van der Waals surface area (Å²) in [7, 11) is 0. The highest BCUT2D eigenvalue weighted by atomic mass is 19.0. The van der Waals surface area contributed by atoms with Crippen LogP contribution in [-0.2, 0) is 0 Å². The van der Waals surface area contributed by atoms with E-state index in [9.17, 15) is 0 Å². The SMILES string of the molecule is CCCCCCCCCCCC[NH+]1CCC(CC)C1.[F-]. The number of hydrogen-bond donors (Lipinski definition) is 1. The second-order valence-electron chi connectivity index (χ2n) is 6.70. The molecular weight excluding hydrogens is 249 g/mol. The van der Waals surface area contributed by atoms with Gasteiger partial charge in [0.25, 0.3) is 0 Å². The Morgan fingerprint density at radius 1 is 0.800 bits per heavy atom. The topological polar surface area (TPSA) is 4.44 Å². The van der Waals surface area contributed by atoms with Gasteiger partial charge < -0.3 is 9.60 Å². The molecule has 1 heterocycles. The third-order valence-corrected chi connectivity index (χ3v) is 4.94. The Hall–Kier alpha value is -0.110. The molecule has 1 fully saturated rings. The van der Waals surface area contributed by atoms with Crippen LogP contribution in [0.15, 0.2) is 0 Å². The molecule has 0 amide bonds. The first-order valence-electron chi connectivity index (χ1n) is 9.20. The molecule has 1 aliphatic heterocycles. The van der Waals surface area contributed by atoms with Gasteiger partial charge in [-0.05, 0) is 19.3 Å². The molecule has 1 saturated heterocycles. The zero-order valence-corrected chi connectivity index (χ0v) is 14.1. The summed E-state index contributed by atoms with van der Waals surface area (Å²) in [6.45, 7) is 9.02. The van der Waals surface area contributed by atoms with E-state index >= 15 is 0 Å². The van der Waals surface area contributed by atoms with Crippen molar-refractivity contribution >= 4 is 0 Å². The summed E-state index contributed by atoms with van der Waals surface area (Å²) in [4.78, 5) is 1.89. The van der Waals surface area contributed by atoms with Crippen molar-refractivity contribution in [3.05, 3.63) is 0 Å². The standard InChI is InChI=1S/C18H37N.FH/c1-3-5-6-7-8-9-10-11-12-13-15-19-16-14-18(4-2)17-19;/h18H,3-17H2,1-2H3;1H. The smallest absolute Gasteiger partial charge is 0.0801 e. The van der Waals surface area contributed by atoms with Gasteiger partial charge in [-0.3, -0.25) is 0 Å². The lowest BCUT2D eigenvalue weighted by molar-refractivity contribution is -0.889. The Labute approximate surface area is 126 Å². The Bertz CT molecular complexity index is 196. The monoisotopic (exact) mass is 287 g/mol. The molecule has 2 atom stereocenters. The number of halogens is 1. The predicted molar refractivity (Wildman–Crippen MR) is 85.8 cm³/mol. The summed E-state index contributed by atoms with van der Waals surface area (Å²) >= 11 is 0. The number of nitrogens with one attached hydrogen (secondary N) is 1. The quantitative estimate of drug-likeness (QED) is 0.515. The van der Waals surface area contributed by atoms with Crippen molar-refractivity contribution in [1.82, 2.24) is 0 Å². The summed E-state index contributed by atoms with van der Waals surface area (Å²) in [5.41, 5.74) is 0. The van der Waals surface area contributed by atoms with Gasteiger partial charge in [-0.2, -0.15) is 0 Å². The largest absolute Gasteiger partial charge is 1.00 e. The molecule has 1 aliphatic rings. The minimum Gasteiger partial charge on any atom is -1.00 e. The van der Waals surface area contributed by atoms with Crippen LogP contribution >= 0.6 is 0 Å². The van der Waals surface area contributed by atoms with Crippen molar-refractivity contribution in [2.24, 2.45) is 5.92 Å². The van der Waals surface area contributed by atoms with Gasteiger partial charge in [-0.1, -0.05) is 65.2 Å². The Balaban J connectivity index is 0.00000361. The maximum Gasteiger partial charge on any atom is 0.0801 e. The Morgan fingerprint density at radius 3 is 1.85 bits per heavy atom.